The van der Waals surface area contributed by atoms with Crippen molar-refractivity contribution in [1.82, 2.24) is 4.98 Å². The van der Waals surface area contributed by atoms with E-state index < -0.39 is 0 Å². The van der Waals surface area contributed by atoms with Crippen molar-refractivity contribution in [3.8, 4) is 0 Å². The number of aryl methyl sites for hydroxylation is 1. The molecule has 1 fully saturated rings. The van der Waals surface area contributed by atoms with E-state index in [2.05, 4.69) is 42.8 Å². The predicted molar refractivity (Wildman–Crippen MR) is 81.7 cm³/mol. The number of hydrogen-bond acceptors (Lipinski definition) is 3. The Kier molecular flexibility index (Phi) is 5.80. The molecular weight excluding hydrogens is 236 g/mol. The van der Waals surface area contributed by atoms with Gasteiger partial charge in [0.2, 0.25) is 0 Å². The van der Waals surface area contributed by atoms with Crippen LogP contribution in [0.3, 0.4) is 0 Å². The summed E-state index contributed by atoms with van der Waals surface area (Å²) in [5, 5.41) is 0. The van der Waals surface area contributed by atoms with E-state index in [1.807, 2.05) is 27.0 Å². The monoisotopic (exact) mass is 264 g/mol. The first-order valence-electron chi connectivity index (χ1n) is 7.26. The Morgan fingerprint density at radius 2 is 1.95 bits per heavy atom. The van der Waals surface area contributed by atoms with Gasteiger partial charge in [-0.25, -0.2) is 0 Å². The zero-order chi connectivity index (χ0) is 14.5. The van der Waals surface area contributed by atoms with Gasteiger partial charge in [-0.05, 0) is 24.5 Å². The molecule has 19 heavy (non-hydrogen) atoms. The minimum atomic E-state index is 0.191. The van der Waals surface area contributed by atoms with Crippen LogP contribution in [0.1, 0.15) is 40.3 Å². The van der Waals surface area contributed by atoms with Crippen molar-refractivity contribution in [2.75, 3.05) is 24.6 Å². The van der Waals surface area contributed by atoms with E-state index in [1.165, 1.54) is 5.69 Å². The molecule has 1 aliphatic rings. The average Bonchev–Trinajstić information content (AvgIpc) is 2.41. The summed E-state index contributed by atoms with van der Waals surface area (Å²) in [5.41, 5.74) is 2.46. The number of hydrogen-bond donors (Lipinski definition) is 0. The third-order valence-electron chi connectivity index (χ3n) is 3.29. The smallest absolute Gasteiger partial charge is 0.0798 e. The number of aromatic nitrogens is 1. The van der Waals surface area contributed by atoms with Crippen LogP contribution in [0.25, 0.3) is 0 Å². The number of ether oxygens (including phenoxy) is 1. The average molecular weight is 264 g/mol. The molecule has 2 rings (SSSR count). The van der Waals surface area contributed by atoms with Gasteiger partial charge in [-0.1, -0.05) is 34.6 Å². The van der Waals surface area contributed by atoms with Crippen LogP contribution in [-0.4, -0.2) is 30.8 Å². The first-order chi connectivity index (χ1) is 8.97. The van der Waals surface area contributed by atoms with Crippen molar-refractivity contribution >= 4 is 5.69 Å². The lowest BCUT2D eigenvalue weighted by Crippen LogP contribution is -2.48. The van der Waals surface area contributed by atoms with Gasteiger partial charge in [-0.3, -0.25) is 4.98 Å². The molecule has 3 heteroatoms. The van der Waals surface area contributed by atoms with E-state index in [0.717, 1.165) is 25.4 Å². The van der Waals surface area contributed by atoms with Crippen LogP contribution in [0, 0.1) is 12.3 Å². The van der Waals surface area contributed by atoms with Crippen LogP contribution in [0.5, 0.6) is 0 Å². The topological polar surface area (TPSA) is 25.4 Å². The van der Waals surface area contributed by atoms with Crippen molar-refractivity contribution in [2.45, 2.75) is 47.6 Å². The van der Waals surface area contributed by atoms with Crippen LogP contribution in [0.2, 0.25) is 0 Å². The highest BCUT2D eigenvalue weighted by atomic mass is 16.5. The Morgan fingerprint density at radius 1 is 1.26 bits per heavy atom. The number of nitrogens with zero attached hydrogens (tertiary/aromatic N) is 2. The van der Waals surface area contributed by atoms with Crippen LogP contribution in [0.4, 0.5) is 5.69 Å². The summed E-state index contributed by atoms with van der Waals surface area (Å²) in [6.07, 6.45) is 2.25. The Labute approximate surface area is 118 Å². The quantitative estimate of drug-likeness (QED) is 0.774. The van der Waals surface area contributed by atoms with Gasteiger partial charge in [-0.2, -0.15) is 0 Å². The molecule has 0 aliphatic carbocycles. The molecule has 1 aliphatic heterocycles. The molecule has 0 radical (unpaired) electrons. The Morgan fingerprint density at radius 3 is 2.47 bits per heavy atom. The zero-order valence-electron chi connectivity index (χ0n) is 13.2. The van der Waals surface area contributed by atoms with Crippen LogP contribution >= 0.6 is 0 Å². The fourth-order valence-corrected chi connectivity index (χ4v) is 2.05. The van der Waals surface area contributed by atoms with Crippen LogP contribution in [-0.2, 0) is 4.74 Å². The van der Waals surface area contributed by atoms with Crippen molar-refractivity contribution in [3.05, 3.63) is 24.0 Å². The number of rotatable bonds is 1. The van der Waals surface area contributed by atoms with Gasteiger partial charge >= 0.3 is 0 Å². The number of morpholine rings is 1. The van der Waals surface area contributed by atoms with E-state index >= 15 is 0 Å². The Balaban J connectivity index is 0.000000861. The third-order valence-corrected chi connectivity index (χ3v) is 3.29. The molecule has 0 aromatic carbocycles. The zero-order valence-corrected chi connectivity index (χ0v) is 13.2. The van der Waals surface area contributed by atoms with Gasteiger partial charge in [0.1, 0.15) is 0 Å². The van der Waals surface area contributed by atoms with Crippen molar-refractivity contribution in [3.63, 3.8) is 0 Å². The second-order valence-electron chi connectivity index (χ2n) is 5.83. The molecule has 108 valence electrons. The number of anilines is 1. The summed E-state index contributed by atoms with van der Waals surface area (Å²) in [6.45, 7) is 15.4. The second-order valence-corrected chi connectivity index (χ2v) is 5.83. The summed E-state index contributed by atoms with van der Waals surface area (Å²) in [6, 6.07) is 4.21. The fourth-order valence-electron chi connectivity index (χ4n) is 2.05. The highest BCUT2D eigenvalue weighted by molar-refractivity contribution is 5.45. The second kappa shape index (κ2) is 6.90. The van der Waals surface area contributed by atoms with Gasteiger partial charge in [-0.15, -0.1) is 0 Å². The Bertz CT molecular complexity index is 367. The molecule has 1 aromatic rings. The molecule has 0 saturated carbocycles. The van der Waals surface area contributed by atoms with Crippen molar-refractivity contribution in [1.29, 1.82) is 0 Å². The molecule has 1 unspecified atom stereocenters. The SMILES string of the molecule is CC.Cc1ccc(N2CCOC(C(C)(C)C)C2)cn1. The van der Waals surface area contributed by atoms with Crippen LogP contribution < -0.4 is 4.90 Å². The van der Waals surface area contributed by atoms with E-state index in [1.54, 1.807) is 0 Å². The van der Waals surface area contributed by atoms with E-state index in [9.17, 15) is 0 Å². The van der Waals surface area contributed by atoms with Crippen LogP contribution in [0.15, 0.2) is 18.3 Å². The summed E-state index contributed by atoms with van der Waals surface area (Å²) in [4.78, 5) is 6.73. The van der Waals surface area contributed by atoms with Gasteiger partial charge in [0.25, 0.3) is 0 Å². The highest BCUT2D eigenvalue weighted by Gasteiger charge is 2.30. The Hall–Kier alpha value is -1.09. The lowest BCUT2D eigenvalue weighted by atomic mass is 9.88. The molecular formula is C16H28N2O. The molecule has 1 aromatic heterocycles. The van der Waals surface area contributed by atoms with E-state index in [-0.39, 0.29) is 11.5 Å². The molecule has 0 amide bonds. The molecule has 0 spiro atoms. The summed E-state index contributed by atoms with van der Waals surface area (Å²) < 4.78 is 5.86. The van der Waals surface area contributed by atoms with E-state index in [4.69, 9.17) is 4.74 Å². The normalized spacial score (nSPS) is 19.7. The standard InChI is InChI=1S/C14H22N2O.C2H6/c1-11-5-6-12(9-15-11)16-7-8-17-13(10-16)14(2,3)4;1-2/h5-6,9,13H,7-8,10H2,1-4H3;1-2H3. The lowest BCUT2D eigenvalue weighted by molar-refractivity contribution is -0.0265. The molecule has 3 nitrogen and oxygen atoms in total. The molecule has 0 N–H and O–H groups in total. The highest BCUT2D eigenvalue weighted by Crippen LogP contribution is 2.27. The van der Waals surface area contributed by atoms with Crippen molar-refractivity contribution < 1.29 is 4.74 Å². The van der Waals surface area contributed by atoms with Gasteiger partial charge in [0.05, 0.1) is 24.6 Å². The third kappa shape index (κ3) is 4.50. The summed E-state index contributed by atoms with van der Waals surface area (Å²) in [7, 11) is 0. The van der Waals surface area contributed by atoms with Gasteiger partial charge < -0.3 is 9.64 Å². The largest absolute Gasteiger partial charge is 0.374 e. The van der Waals surface area contributed by atoms with Gasteiger partial charge in [0.15, 0.2) is 0 Å². The first kappa shape index (κ1) is 16.0. The summed E-state index contributed by atoms with van der Waals surface area (Å²) >= 11 is 0. The maximum absolute atomic E-state index is 5.86. The maximum atomic E-state index is 5.86. The van der Waals surface area contributed by atoms with E-state index in [0.29, 0.717) is 0 Å². The molecule has 0 bridgehead atoms. The molecule has 1 saturated heterocycles. The molecule has 1 atom stereocenters. The number of pyridine rings is 1. The minimum Gasteiger partial charge on any atom is -0.374 e. The lowest BCUT2D eigenvalue weighted by Gasteiger charge is -2.40. The predicted octanol–water partition coefficient (Wildman–Crippen LogP) is 3.67. The van der Waals surface area contributed by atoms with Crippen molar-refractivity contribution in [2.24, 2.45) is 5.41 Å². The fraction of sp³-hybridized carbons (Fsp3) is 0.688. The molecule has 2 heterocycles. The maximum Gasteiger partial charge on any atom is 0.0798 e. The summed E-state index contributed by atoms with van der Waals surface area (Å²) in [5.74, 6) is 0. The van der Waals surface area contributed by atoms with Gasteiger partial charge in [0, 0.05) is 18.8 Å². The minimum absolute atomic E-state index is 0.191. The first-order valence-corrected chi connectivity index (χ1v) is 7.26.